The van der Waals surface area contributed by atoms with Gasteiger partial charge < -0.3 is 27.0 Å². The third-order valence-corrected chi connectivity index (χ3v) is 5.23. The Morgan fingerprint density at radius 1 is 1.34 bits per heavy atom. The number of amides is 1. The smallest absolute Gasteiger partial charge is 0.277 e. The number of rotatable bonds is 4. The van der Waals surface area contributed by atoms with Crippen molar-refractivity contribution in [3.63, 3.8) is 0 Å². The van der Waals surface area contributed by atoms with Crippen LogP contribution in [0.1, 0.15) is 10.5 Å². The number of amidine groups is 1. The number of nitrogens with one attached hydrogen (secondary N) is 2. The number of piperazine rings is 1. The van der Waals surface area contributed by atoms with Crippen molar-refractivity contribution in [2.75, 3.05) is 39.0 Å². The zero-order valence-electron chi connectivity index (χ0n) is 15.7. The predicted molar refractivity (Wildman–Crippen MR) is 109 cm³/mol. The van der Waals surface area contributed by atoms with Crippen LogP contribution in [0.25, 0.3) is 10.6 Å². The highest BCUT2D eigenvalue weighted by Gasteiger charge is 2.24. The fourth-order valence-corrected chi connectivity index (χ4v) is 3.84. The normalized spacial score (nSPS) is 15.5. The first-order valence-electron chi connectivity index (χ1n) is 8.83. The largest absolute Gasteiger partial charge is 0.403 e. The second-order valence-corrected chi connectivity index (χ2v) is 7.18. The van der Waals surface area contributed by atoms with Crippen LogP contribution in [0.3, 0.4) is 0 Å². The summed E-state index contributed by atoms with van der Waals surface area (Å²) >= 11 is 0.827. The van der Waals surface area contributed by atoms with Crippen molar-refractivity contribution in [3.05, 3.63) is 47.4 Å². The molecule has 1 aliphatic heterocycles. The average Bonchev–Trinajstić information content (AvgIpc) is 3.09. The molecule has 0 bridgehead atoms. The fraction of sp³-hybridized carbons (Fsp3) is 0.278. The monoisotopic (exact) mass is 421 g/mol. The number of aromatic nitrogens is 1. The molecule has 1 aliphatic rings. The molecule has 0 spiro atoms. The Balaban J connectivity index is 1.84. The van der Waals surface area contributed by atoms with E-state index in [1.165, 1.54) is 12.3 Å². The predicted octanol–water partition coefficient (Wildman–Crippen LogP) is 1.13. The van der Waals surface area contributed by atoms with Crippen molar-refractivity contribution in [2.24, 2.45) is 10.7 Å². The number of aliphatic imine (C=N–C) groups is 1. The third kappa shape index (κ3) is 4.35. The minimum atomic E-state index is -0.785. The topological polar surface area (TPSA) is 122 Å². The summed E-state index contributed by atoms with van der Waals surface area (Å²) in [4.78, 5) is 23.0. The van der Waals surface area contributed by atoms with E-state index in [1.807, 2.05) is 4.90 Å². The Morgan fingerprint density at radius 2 is 2.00 bits per heavy atom. The molecule has 8 nitrogen and oxygen atoms in total. The van der Waals surface area contributed by atoms with E-state index in [0.717, 1.165) is 36.6 Å². The summed E-state index contributed by atoms with van der Waals surface area (Å²) in [7, 11) is 1.60. The minimum Gasteiger partial charge on any atom is -0.403 e. The van der Waals surface area contributed by atoms with E-state index < -0.39 is 17.5 Å². The van der Waals surface area contributed by atoms with Gasteiger partial charge in [0.05, 0.1) is 11.3 Å². The molecule has 29 heavy (non-hydrogen) atoms. The van der Waals surface area contributed by atoms with Crippen LogP contribution in [0.15, 0.2) is 35.1 Å². The molecule has 6 N–H and O–H groups in total. The number of thiazole rings is 1. The molecular weight excluding hydrogens is 400 g/mol. The zero-order chi connectivity index (χ0) is 21.0. The molecule has 1 aromatic heterocycles. The van der Waals surface area contributed by atoms with Crippen LogP contribution in [-0.4, -0.2) is 54.9 Å². The Labute approximate surface area is 170 Å². The maximum absolute atomic E-state index is 14.0. The maximum atomic E-state index is 14.0. The lowest BCUT2D eigenvalue weighted by molar-refractivity contribution is 0.0963. The highest BCUT2D eigenvalue weighted by Crippen LogP contribution is 2.33. The Bertz CT molecular complexity index is 947. The molecule has 2 aromatic rings. The molecule has 1 saturated heterocycles. The van der Waals surface area contributed by atoms with Gasteiger partial charge in [-0.1, -0.05) is 17.4 Å². The number of hydrogen-bond donors (Lipinski definition) is 4. The molecule has 0 unspecified atom stereocenters. The van der Waals surface area contributed by atoms with Crippen LogP contribution < -0.4 is 22.1 Å². The molecule has 1 amide bonds. The van der Waals surface area contributed by atoms with E-state index in [1.54, 1.807) is 7.05 Å². The molecule has 0 aliphatic carbocycles. The Kier molecular flexibility index (Phi) is 6.39. The molecule has 154 valence electrons. The van der Waals surface area contributed by atoms with Gasteiger partial charge in [-0.3, -0.25) is 9.79 Å². The summed E-state index contributed by atoms with van der Waals surface area (Å²) < 4.78 is 28.1. The van der Waals surface area contributed by atoms with E-state index in [0.29, 0.717) is 24.6 Å². The van der Waals surface area contributed by atoms with Gasteiger partial charge in [-0.25, -0.2) is 13.8 Å². The van der Waals surface area contributed by atoms with Gasteiger partial charge in [0, 0.05) is 39.4 Å². The summed E-state index contributed by atoms with van der Waals surface area (Å²) in [6.45, 7) is 2.97. The second-order valence-electron chi connectivity index (χ2n) is 6.15. The van der Waals surface area contributed by atoms with Gasteiger partial charge in [-0.15, -0.1) is 0 Å². The van der Waals surface area contributed by atoms with Gasteiger partial charge in [0.15, 0.2) is 5.69 Å². The average molecular weight is 421 g/mol. The van der Waals surface area contributed by atoms with Gasteiger partial charge in [-0.05, 0) is 12.1 Å². The molecular formula is C18H21F2N7OS. The molecule has 11 heteroatoms. The summed E-state index contributed by atoms with van der Waals surface area (Å²) in [5.74, 6) is -1.69. The summed E-state index contributed by atoms with van der Waals surface area (Å²) in [6.07, 6.45) is 1.24. The number of halogens is 2. The molecule has 2 heterocycles. The van der Waals surface area contributed by atoms with Crippen LogP contribution >= 0.6 is 11.3 Å². The number of benzene rings is 1. The van der Waals surface area contributed by atoms with Crippen LogP contribution in [0, 0.1) is 11.6 Å². The third-order valence-electron chi connectivity index (χ3n) is 4.33. The van der Waals surface area contributed by atoms with Crippen molar-refractivity contribution in [1.29, 1.82) is 0 Å². The highest BCUT2D eigenvalue weighted by molar-refractivity contribution is 7.19. The lowest BCUT2D eigenvalue weighted by Crippen LogP contribution is -2.49. The van der Waals surface area contributed by atoms with Crippen LogP contribution in [0.2, 0.25) is 0 Å². The van der Waals surface area contributed by atoms with E-state index in [9.17, 15) is 13.6 Å². The molecule has 0 radical (unpaired) electrons. The minimum absolute atomic E-state index is 0.0204. The van der Waals surface area contributed by atoms with E-state index >= 15 is 0 Å². The maximum Gasteiger partial charge on any atom is 0.277 e. The second kappa shape index (κ2) is 8.97. The number of anilines is 1. The number of nitrogens with zero attached hydrogens (tertiary/aromatic N) is 3. The molecule has 0 atom stereocenters. The van der Waals surface area contributed by atoms with E-state index in [2.05, 4.69) is 20.6 Å². The first-order chi connectivity index (χ1) is 14.0. The highest BCUT2D eigenvalue weighted by atomic mass is 32.1. The number of carbonyl (C=O) groups is 1. The molecule has 1 fully saturated rings. The lowest BCUT2D eigenvalue weighted by Gasteiger charge is -2.31. The Morgan fingerprint density at radius 3 is 2.59 bits per heavy atom. The van der Waals surface area contributed by atoms with Crippen molar-refractivity contribution < 1.29 is 13.6 Å². The lowest BCUT2D eigenvalue weighted by atomic mass is 10.2. The first kappa shape index (κ1) is 20.7. The van der Waals surface area contributed by atoms with E-state index in [4.69, 9.17) is 11.5 Å². The number of nitrogen functional groups attached to an aromatic ring is 1. The molecule has 3 rings (SSSR count). The van der Waals surface area contributed by atoms with Crippen LogP contribution in [0.5, 0.6) is 0 Å². The first-order valence-corrected chi connectivity index (χ1v) is 9.64. The quantitative estimate of drug-likeness (QED) is 0.434. The molecule has 0 saturated carbocycles. The zero-order valence-corrected chi connectivity index (χ0v) is 16.5. The van der Waals surface area contributed by atoms with Crippen molar-refractivity contribution in [1.82, 2.24) is 20.5 Å². The van der Waals surface area contributed by atoms with Crippen molar-refractivity contribution in [2.45, 2.75) is 0 Å². The number of hydrogen-bond acceptors (Lipinski definition) is 7. The van der Waals surface area contributed by atoms with E-state index in [-0.39, 0.29) is 21.3 Å². The summed E-state index contributed by atoms with van der Waals surface area (Å²) in [5.41, 5.74) is 11.4. The van der Waals surface area contributed by atoms with Gasteiger partial charge in [-0.2, -0.15) is 0 Å². The van der Waals surface area contributed by atoms with Gasteiger partial charge in [0.2, 0.25) is 0 Å². The van der Waals surface area contributed by atoms with Gasteiger partial charge in [0.1, 0.15) is 27.5 Å². The number of carbonyl (C=O) groups excluding carboxylic acids is 1. The SMILES string of the molecule is CN=C(/C(=C\N)NC(=O)c1nc(-c2c(F)cccc2F)sc1N)N1CCNCC1. The fourth-order valence-electron chi connectivity index (χ4n) is 2.97. The van der Waals surface area contributed by atoms with Crippen molar-refractivity contribution in [3.8, 4) is 10.6 Å². The van der Waals surface area contributed by atoms with Crippen molar-refractivity contribution >= 4 is 28.1 Å². The summed E-state index contributed by atoms with van der Waals surface area (Å²) in [5, 5.41) is 5.89. The summed E-state index contributed by atoms with van der Waals surface area (Å²) in [6, 6.07) is 3.48. The van der Waals surface area contributed by atoms with Crippen LogP contribution in [-0.2, 0) is 0 Å². The Hall–Kier alpha value is -3.05. The van der Waals surface area contributed by atoms with Gasteiger partial charge >= 0.3 is 0 Å². The standard InChI is InChI=1S/C18H21F2N7OS/c1-23-16(27-7-5-24-6-8-27)12(9-21)25-17(28)14-15(22)29-18(26-14)13-10(19)3-2-4-11(13)20/h2-4,9,24H,5-8,21-22H2,1H3,(H,25,28)/b12-9+,23-16?. The van der Waals surface area contributed by atoms with Crippen LogP contribution in [0.4, 0.5) is 13.8 Å². The number of nitrogens with two attached hydrogens (primary N) is 2. The molecule has 1 aromatic carbocycles. The van der Waals surface area contributed by atoms with Gasteiger partial charge in [0.25, 0.3) is 5.91 Å².